The fourth-order valence-corrected chi connectivity index (χ4v) is 2.85. The standard InChI is InChI=1S/C16H17Cl2NO3/c1-8(2)9-5-13(20)15(14(21)6-9)16(22)19-10-3-4-11(17)12(18)7-10/h3-4,7-9,15H,5-6H2,1-2H3,(H,19,22). The number of Topliss-reactive ketones (excluding diaryl/α,β-unsaturated/α-hetero) is 2. The number of hydrogen-bond donors (Lipinski definition) is 1. The maximum atomic E-state index is 12.2. The van der Waals surface area contributed by atoms with Crippen LogP contribution in [0.15, 0.2) is 18.2 Å². The zero-order chi connectivity index (χ0) is 16.4. The minimum atomic E-state index is -1.22. The summed E-state index contributed by atoms with van der Waals surface area (Å²) in [5.74, 6) is -2.18. The minimum absolute atomic E-state index is 0.0222. The van der Waals surface area contributed by atoms with Gasteiger partial charge in [0.05, 0.1) is 10.0 Å². The van der Waals surface area contributed by atoms with E-state index in [0.29, 0.717) is 15.7 Å². The van der Waals surface area contributed by atoms with Crippen LogP contribution in [0.4, 0.5) is 5.69 Å². The number of halogens is 2. The van der Waals surface area contributed by atoms with Crippen LogP contribution in [-0.4, -0.2) is 17.5 Å². The van der Waals surface area contributed by atoms with Gasteiger partial charge in [-0.15, -0.1) is 0 Å². The first kappa shape index (κ1) is 17.0. The molecular weight excluding hydrogens is 325 g/mol. The van der Waals surface area contributed by atoms with Crippen molar-refractivity contribution in [3.8, 4) is 0 Å². The zero-order valence-electron chi connectivity index (χ0n) is 12.4. The van der Waals surface area contributed by atoms with E-state index in [1.807, 2.05) is 13.8 Å². The predicted molar refractivity (Wildman–Crippen MR) is 86.2 cm³/mol. The molecule has 0 bridgehead atoms. The molecular formula is C16H17Cl2NO3. The van der Waals surface area contributed by atoms with E-state index in [-0.39, 0.29) is 36.2 Å². The first-order valence-electron chi connectivity index (χ1n) is 7.11. The molecule has 0 radical (unpaired) electrons. The molecule has 1 aliphatic carbocycles. The molecule has 0 saturated heterocycles. The Bertz CT molecular complexity index is 610. The van der Waals surface area contributed by atoms with Crippen LogP contribution in [-0.2, 0) is 14.4 Å². The highest BCUT2D eigenvalue weighted by Gasteiger charge is 2.40. The number of benzene rings is 1. The fraction of sp³-hybridized carbons (Fsp3) is 0.438. The van der Waals surface area contributed by atoms with Crippen LogP contribution < -0.4 is 5.32 Å². The lowest BCUT2D eigenvalue weighted by molar-refractivity contribution is -0.143. The first-order valence-corrected chi connectivity index (χ1v) is 7.86. The molecule has 2 rings (SSSR count). The van der Waals surface area contributed by atoms with Crippen LogP contribution in [0.1, 0.15) is 26.7 Å². The molecule has 1 aliphatic rings. The third-order valence-corrected chi connectivity index (χ3v) is 4.70. The highest BCUT2D eigenvalue weighted by molar-refractivity contribution is 6.42. The van der Waals surface area contributed by atoms with E-state index in [1.165, 1.54) is 6.07 Å². The Kier molecular flexibility index (Phi) is 5.24. The average molecular weight is 342 g/mol. The van der Waals surface area contributed by atoms with Gasteiger partial charge in [0.25, 0.3) is 0 Å². The van der Waals surface area contributed by atoms with Gasteiger partial charge in [-0.2, -0.15) is 0 Å². The Morgan fingerprint density at radius 3 is 2.23 bits per heavy atom. The number of nitrogens with one attached hydrogen (secondary N) is 1. The number of carbonyl (C=O) groups excluding carboxylic acids is 3. The van der Waals surface area contributed by atoms with E-state index < -0.39 is 11.8 Å². The number of ketones is 2. The molecule has 22 heavy (non-hydrogen) atoms. The average Bonchev–Trinajstić information content (AvgIpc) is 2.42. The van der Waals surface area contributed by atoms with E-state index in [1.54, 1.807) is 12.1 Å². The van der Waals surface area contributed by atoms with Crippen LogP contribution in [0.2, 0.25) is 10.0 Å². The molecule has 0 aliphatic heterocycles. The van der Waals surface area contributed by atoms with Crippen LogP contribution in [0, 0.1) is 17.8 Å². The molecule has 1 aromatic carbocycles. The first-order chi connectivity index (χ1) is 10.3. The molecule has 118 valence electrons. The summed E-state index contributed by atoms with van der Waals surface area (Å²) in [4.78, 5) is 36.5. The molecule has 1 N–H and O–H groups in total. The highest BCUT2D eigenvalue weighted by atomic mass is 35.5. The second-order valence-corrected chi connectivity index (χ2v) is 6.71. The van der Waals surface area contributed by atoms with Crippen molar-refractivity contribution in [2.45, 2.75) is 26.7 Å². The SMILES string of the molecule is CC(C)C1CC(=O)C(C(=O)Nc2ccc(Cl)c(Cl)c2)C(=O)C1. The molecule has 1 saturated carbocycles. The van der Waals surface area contributed by atoms with E-state index in [4.69, 9.17) is 23.2 Å². The number of rotatable bonds is 3. The van der Waals surface area contributed by atoms with Gasteiger partial charge in [-0.1, -0.05) is 37.0 Å². The van der Waals surface area contributed by atoms with E-state index >= 15 is 0 Å². The van der Waals surface area contributed by atoms with Gasteiger partial charge in [0, 0.05) is 18.5 Å². The second kappa shape index (κ2) is 6.80. The number of amides is 1. The van der Waals surface area contributed by atoms with Gasteiger partial charge >= 0.3 is 0 Å². The summed E-state index contributed by atoms with van der Waals surface area (Å²) in [5.41, 5.74) is 0.408. The zero-order valence-corrected chi connectivity index (χ0v) is 13.9. The molecule has 0 unspecified atom stereocenters. The molecule has 0 atom stereocenters. The van der Waals surface area contributed by atoms with Crippen molar-refractivity contribution in [3.05, 3.63) is 28.2 Å². The third-order valence-electron chi connectivity index (χ3n) is 3.96. The van der Waals surface area contributed by atoms with Gasteiger partial charge in [0.1, 0.15) is 0 Å². The number of anilines is 1. The summed E-state index contributed by atoms with van der Waals surface area (Å²) in [6.07, 6.45) is 0.533. The Labute approximate surface area is 139 Å². The summed E-state index contributed by atoms with van der Waals surface area (Å²) in [6, 6.07) is 4.59. The van der Waals surface area contributed by atoms with Crippen LogP contribution >= 0.6 is 23.2 Å². The molecule has 1 fully saturated rings. The van der Waals surface area contributed by atoms with Crippen LogP contribution in [0.5, 0.6) is 0 Å². The number of hydrogen-bond acceptors (Lipinski definition) is 3. The fourth-order valence-electron chi connectivity index (χ4n) is 2.56. The molecule has 0 spiro atoms. The quantitative estimate of drug-likeness (QED) is 0.851. The summed E-state index contributed by atoms with van der Waals surface area (Å²) in [6.45, 7) is 3.95. The Morgan fingerprint density at radius 2 is 1.73 bits per heavy atom. The third kappa shape index (κ3) is 3.68. The maximum absolute atomic E-state index is 12.2. The van der Waals surface area contributed by atoms with E-state index in [2.05, 4.69) is 5.32 Å². The smallest absolute Gasteiger partial charge is 0.242 e. The lowest BCUT2D eigenvalue weighted by atomic mass is 9.75. The molecule has 0 aromatic heterocycles. The lowest BCUT2D eigenvalue weighted by Gasteiger charge is -2.28. The molecule has 4 nitrogen and oxygen atoms in total. The summed E-state index contributed by atoms with van der Waals surface area (Å²) < 4.78 is 0. The van der Waals surface area contributed by atoms with E-state index in [0.717, 1.165) is 0 Å². The van der Waals surface area contributed by atoms with Gasteiger partial charge < -0.3 is 5.32 Å². The second-order valence-electron chi connectivity index (χ2n) is 5.90. The van der Waals surface area contributed by atoms with Crippen LogP contribution in [0.25, 0.3) is 0 Å². The van der Waals surface area contributed by atoms with Crippen LogP contribution in [0.3, 0.4) is 0 Å². The van der Waals surface area contributed by atoms with Gasteiger partial charge in [-0.05, 0) is 30.0 Å². The molecule has 6 heteroatoms. The van der Waals surface area contributed by atoms with Crippen molar-refractivity contribution in [3.63, 3.8) is 0 Å². The number of carbonyl (C=O) groups is 3. The van der Waals surface area contributed by atoms with E-state index in [9.17, 15) is 14.4 Å². The molecule has 0 heterocycles. The largest absolute Gasteiger partial charge is 0.325 e. The normalized spacial score (nSPS) is 22.0. The van der Waals surface area contributed by atoms with Gasteiger partial charge in [0.2, 0.25) is 5.91 Å². The Hall–Kier alpha value is -1.39. The molecule has 1 amide bonds. The Balaban J connectivity index is 2.10. The topological polar surface area (TPSA) is 63.2 Å². The maximum Gasteiger partial charge on any atom is 0.242 e. The predicted octanol–water partition coefficient (Wildman–Crippen LogP) is 3.75. The van der Waals surface area contributed by atoms with Crippen molar-refractivity contribution < 1.29 is 14.4 Å². The van der Waals surface area contributed by atoms with Crippen molar-refractivity contribution in [1.29, 1.82) is 0 Å². The van der Waals surface area contributed by atoms with Crippen molar-refractivity contribution in [2.75, 3.05) is 5.32 Å². The summed E-state index contributed by atoms with van der Waals surface area (Å²) >= 11 is 11.7. The van der Waals surface area contributed by atoms with Crippen molar-refractivity contribution in [2.24, 2.45) is 17.8 Å². The monoisotopic (exact) mass is 341 g/mol. The minimum Gasteiger partial charge on any atom is -0.325 e. The summed E-state index contributed by atoms with van der Waals surface area (Å²) in [5, 5.41) is 3.22. The molecule has 1 aromatic rings. The summed E-state index contributed by atoms with van der Waals surface area (Å²) in [7, 11) is 0. The van der Waals surface area contributed by atoms with Gasteiger partial charge in [-0.3, -0.25) is 14.4 Å². The van der Waals surface area contributed by atoms with Gasteiger partial charge in [0.15, 0.2) is 17.5 Å². The van der Waals surface area contributed by atoms with Crippen molar-refractivity contribution >= 4 is 46.4 Å². The van der Waals surface area contributed by atoms with Gasteiger partial charge in [-0.25, -0.2) is 0 Å². The highest BCUT2D eigenvalue weighted by Crippen LogP contribution is 2.30. The Morgan fingerprint density at radius 1 is 1.14 bits per heavy atom. The lowest BCUT2D eigenvalue weighted by Crippen LogP contribution is -2.42. The van der Waals surface area contributed by atoms with Crippen molar-refractivity contribution in [1.82, 2.24) is 0 Å².